The van der Waals surface area contributed by atoms with Crippen molar-refractivity contribution in [3.05, 3.63) is 67.5 Å². The van der Waals surface area contributed by atoms with Gasteiger partial charge in [-0.25, -0.2) is 0 Å². The average molecular weight is 240 g/mol. The molecule has 0 spiro atoms. The molecule has 18 heavy (non-hydrogen) atoms. The molecular formula is C16H18NO. The summed E-state index contributed by atoms with van der Waals surface area (Å²) >= 11 is 0. The molecule has 1 aliphatic carbocycles. The zero-order valence-electron chi connectivity index (χ0n) is 10.5. The molecule has 4 atom stereocenters. The molecule has 1 unspecified atom stereocenters. The molecule has 3 rings (SSSR count). The van der Waals surface area contributed by atoms with Gasteiger partial charge in [-0.1, -0.05) is 30.3 Å². The molecule has 0 amide bonds. The first kappa shape index (κ1) is 12.2. The van der Waals surface area contributed by atoms with Crippen LogP contribution in [0.25, 0.3) is 0 Å². The molecule has 1 N–H and O–H groups in total. The van der Waals surface area contributed by atoms with Crippen LogP contribution in [-0.4, -0.2) is 28.7 Å². The lowest BCUT2D eigenvalue weighted by atomic mass is 9.98. The Morgan fingerprint density at radius 2 is 1.83 bits per heavy atom. The smallest absolute Gasteiger partial charge is 0.0776 e. The van der Waals surface area contributed by atoms with E-state index in [9.17, 15) is 5.11 Å². The summed E-state index contributed by atoms with van der Waals surface area (Å²) in [6.07, 6.45) is 7.59. The minimum atomic E-state index is -0.355. The third-order valence-corrected chi connectivity index (χ3v) is 3.86. The van der Waals surface area contributed by atoms with E-state index in [0.717, 1.165) is 12.5 Å². The Kier molecular flexibility index (Phi) is 3.40. The molecular weight excluding hydrogens is 222 g/mol. The largest absolute Gasteiger partial charge is 0.391 e. The van der Waals surface area contributed by atoms with E-state index in [2.05, 4.69) is 36.1 Å². The van der Waals surface area contributed by atoms with Gasteiger partial charge in [-0.3, -0.25) is 4.90 Å². The molecule has 2 fully saturated rings. The summed E-state index contributed by atoms with van der Waals surface area (Å²) in [7, 11) is 0. The van der Waals surface area contributed by atoms with Crippen LogP contribution >= 0.6 is 0 Å². The van der Waals surface area contributed by atoms with Gasteiger partial charge in [0.25, 0.3) is 0 Å². The highest BCUT2D eigenvalue weighted by atomic mass is 16.3. The van der Waals surface area contributed by atoms with Crippen LogP contribution in [0.15, 0.2) is 30.3 Å². The SMILES string of the molecule is C[C@H](c1ccccc1)N1C[C@@H]1[C@@H](O)[C]1[CH][CH][CH][CH]1. The maximum absolute atomic E-state index is 10.3. The predicted octanol–water partition coefficient (Wildman–Crippen LogP) is 2.20. The average Bonchev–Trinajstić information content (AvgIpc) is 3.03. The highest BCUT2D eigenvalue weighted by Gasteiger charge is 2.46. The van der Waals surface area contributed by atoms with Gasteiger partial charge in [0, 0.05) is 24.5 Å². The van der Waals surface area contributed by atoms with Crippen molar-refractivity contribution in [3.8, 4) is 0 Å². The summed E-state index contributed by atoms with van der Waals surface area (Å²) in [6, 6.07) is 11.1. The molecule has 0 aromatic heterocycles. The fourth-order valence-corrected chi connectivity index (χ4v) is 2.63. The van der Waals surface area contributed by atoms with Gasteiger partial charge >= 0.3 is 0 Å². The second kappa shape index (κ2) is 5.02. The highest BCUT2D eigenvalue weighted by Crippen LogP contribution is 2.39. The minimum absolute atomic E-state index is 0.266. The lowest BCUT2D eigenvalue weighted by molar-refractivity contribution is 0.168. The van der Waals surface area contributed by atoms with Crippen LogP contribution in [-0.2, 0) is 0 Å². The number of hydrogen-bond donors (Lipinski definition) is 1. The molecule has 1 aliphatic heterocycles. The van der Waals surface area contributed by atoms with Crippen LogP contribution in [0.2, 0.25) is 0 Å². The number of rotatable bonds is 4. The van der Waals surface area contributed by atoms with E-state index in [0.29, 0.717) is 6.04 Å². The van der Waals surface area contributed by atoms with Crippen molar-refractivity contribution >= 4 is 0 Å². The Labute approximate surface area is 110 Å². The molecule has 5 radical (unpaired) electrons. The van der Waals surface area contributed by atoms with E-state index < -0.39 is 0 Å². The third-order valence-electron chi connectivity index (χ3n) is 3.86. The second-order valence-corrected chi connectivity index (χ2v) is 5.01. The van der Waals surface area contributed by atoms with Gasteiger partial charge in [-0.2, -0.15) is 0 Å². The Bertz CT molecular complexity index is 385. The quantitative estimate of drug-likeness (QED) is 0.815. The van der Waals surface area contributed by atoms with Gasteiger partial charge < -0.3 is 5.11 Å². The summed E-state index contributed by atoms with van der Waals surface area (Å²) in [6.45, 7) is 3.18. The van der Waals surface area contributed by atoms with Gasteiger partial charge in [-0.05, 0) is 38.2 Å². The van der Waals surface area contributed by atoms with Crippen LogP contribution in [0.3, 0.4) is 0 Å². The van der Waals surface area contributed by atoms with Gasteiger partial charge in [0.1, 0.15) is 0 Å². The Balaban J connectivity index is 1.60. The van der Waals surface area contributed by atoms with Crippen LogP contribution < -0.4 is 0 Å². The monoisotopic (exact) mass is 240 g/mol. The maximum atomic E-state index is 10.3. The summed E-state index contributed by atoms with van der Waals surface area (Å²) in [5, 5.41) is 10.3. The van der Waals surface area contributed by atoms with Crippen molar-refractivity contribution in [2.24, 2.45) is 0 Å². The fourth-order valence-electron chi connectivity index (χ4n) is 2.63. The van der Waals surface area contributed by atoms with E-state index in [1.54, 1.807) is 0 Å². The number of aliphatic hydroxyl groups is 1. The first-order valence-corrected chi connectivity index (χ1v) is 6.48. The molecule has 2 heteroatoms. The summed E-state index contributed by atoms with van der Waals surface area (Å²) in [4.78, 5) is 2.34. The molecule has 2 aliphatic rings. The summed E-state index contributed by atoms with van der Waals surface area (Å²) in [5.41, 5.74) is 1.31. The van der Waals surface area contributed by atoms with E-state index >= 15 is 0 Å². The first-order valence-electron chi connectivity index (χ1n) is 6.48. The first-order chi connectivity index (χ1) is 8.77. The zero-order chi connectivity index (χ0) is 12.5. The maximum Gasteiger partial charge on any atom is 0.0776 e. The van der Waals surface area contributed by atoms with Crippen LogP contribution in [0, 0.1) is 31.6 Å². The van der Waals surface area contributed by atoms with Gasteiger partial charge in [0.05, 0.1) is 6.10 Å². The fraction of sp³-hybridized carbons (Fsp3) is 0.312. The van der Waals surface area contributed by atoms with Crippen molar-refractivity contribution in [2.75, 3.05) is 6.54 Å². The highest BCUT2D eigenvalue weighted by molar-refractivity contribution is 5.39. The van der Waals surface area contributed by atoms with E-state index in [1.165, 1.54) is 5.56 Å². The summed E-state index contributed by atoms with van der Waals surface area (Å²) < 4.78 is 0. The molecule has 2 nitrogen and oxygen atoms in total. The van der Waals surface area contributed by atoms with E-state index in [4.69, 9.17) is 0 Å². The Morgan fingerprint density at radius 3 is 2.50 bits per heavy atom. The lowest BCUT2D eigenvalue weighted by Crippen LogP contribution is -2.26. The van der Waals surface area contributed by atoms with Gasteiger partial charge in [0.2, 0.25) is 0 Å². The molecule has 1 aromatic rings. The molecule has 1 saturated heterocycles. The van der Waals surface area contributed by atoms with E-state index in [1.807, 2.05) is 31.7 Å². The van der Waals surface area contributed by atoms with Crippen LogP contribution in [0.4, 0.5) is 0 Å². The standard InChI is InChI=1S/C16H18NO/c1-12(13-7-3-2-4-8-13)17-11-15(17)16(18)14-9-5-6-10-14/h2-10,12,15-16,18H,11H2,1H3/t12-,15-,16+,17?/m1/s1. The van der Waals surface area contributed by atoms with Crippen LogP contribution in [0.5, 0.6) is 0 Å². The Hall–Kier alpha value is -0.860. The molecule has 1 aromatic carbocycles. The summed E-state index contributed by atoms with van der Waals surface area (Å²) in [5.74, 6) is 1.03. The Morgan fingerprint density at radius 1 is 1.17 bits per heavy atom. The third kappa shape index (κ3) is 2.32. The van der Waals surface area contributed by atoms with E-state index in [-0.39, 0.29) is 12.1 Å². The number of aliphatic hydroxyl groups excluding tert-OH is 1. The molecule has 93 valence electrons. The van der Waals surface area contributed by atoms with Crippen molar-refractivity contribution < 1.29 is 5.11 Å². The molecule has 1 heterocycles. The van der Waals surface area contributed by atoms with Crippen LogP contribution in [0.1, 0.15) is 18.5 Å². The molecule has 1 saturated carbocycles. The number of nitrogens with zero attached hydrogens (tertiary/aromatic N) is 1. The predicted molar refractivity (Wildman–Crippen MR) is 71.8 cm³/mol. The van der Waals surface area contributed by atoms with Gasteiger partial charge in [-0.15, -0.1) is 0 Å². The van der Waals surface area contributed by atoms with Crippen molar-refractivity contribution in [2.45, 2.75) is 25.1 Å². The topological polar surface area (TPSA) is 23.2 Å². The second-order valence-electron chi connectivity index (χ2n) is 5.01. The van der Waals surface area contributed by atoms with Crippen molar-refractivity contribution in [1.82, 2.24) is 4.90 Å². The van der Waals surface area contributed by atoms with Crippen molar-refractivity contribution in [1.29, 1.82) is 0 Å². The molecule has 0 bridgehead atoms. The normalized spacial score (nSPS) is 31.2. The lowest BCUT2D eigenvalue weighted by Gasteiger charge is -2.20. The number of benzene rings is 1. The zero-order valence-corrected chi connectivity index (χ0v) is 10.5. The van der Waals surface area contributed by atoms with Crippen molar-refractivity contribution in [3.63, 3.8) is 0 Å². The van der Waals surface area contributed by atoms with Gasteiger partial charge in [0.15, 0.2) is 0 Å². The number of hydrogen-bond acceptors (Lipinski definition) is 2. The minimum Gasteiger partial charge on any atom is -0.391 e.